The molecule has 7 nitrogen and oxygen atoms in total. The second-order valence-corrected chi connectivity index (χ2v) is 4.78. The molecule has 21 heavy (non-hydrogen) atoms. The summed E-state index contributed by atoms with van der Waals surface area (Å²) in [5, 5.41) is 11.1. The van der Waals surface area contributed by atoms with Crippen molar-refractivity contribution < 1.29 is 19.4 Å². The Hall–Kier alpha value is -2.31. The number of hydrogen-bond donors (Lipinski definition) is 2. The maximum atomic E-state index is 11.8. The van der Waals surface area contributed by atoms with Gasteiger partial charge in [0.1, 0.15) is 5.75 Å². The molecule has 7 heteroatoms. The number of methoxy groups -OCH3 is 1. The summed E-state index contributed by atoms with van der Waals surface area (Å²) in [5.74, 6) is -0.182. The monoisotopic (exact) mass is 295 g/mol. The number of hydrogen-bond acceptors (Lipinski definition) is 4. The third-order valence-corrected chi connectivity index (χ3v) is 3.10. The summed E-state index contributed by atoms with van der Waals surface area (Å²) in [5.41, 5.74) is 2.57. The Kier molecular flexibility index (Phi) is 5.95. The van der Waals surface area contributed by atoms with Gasteiger partial charge in [-0.1, -0.05) is 0 Å². The van der Waals surface area contributed by atoms with Gasteiger partial charge in [-0.05, 0) is 13.8 Å². The maximum Gasteiger partial charge on any atom is 0.317 e. The predicted octanol–water partition coefficient (Wildman–Crippen LogP) is 1.32. The molecule has 0 saturated carbocycles. The van der Waals surface area contributed by atoms with Gasteiger partial charge < -0.3 is 20.1 Å². The molecule has 0 radical (unpaired) electrons. The van der Waals surface area contributed by atoms with Crippen molar-refractivity contribution in [2.75, 3.05) is 20.7 Å². The number of pyridine rings is 1. The molecule has 0 aliphatic heterocycles. The second kappa shape index (κ2) is 7.47. The van der Waals surface area contributed by atoms with Crippen molar-refractivity contribution in [3.63, 3.8) is 0 Å². The smallest absolute Gasteiger partial charge is 0.317 e. The fourth-order valence-electron chi connectivity index (χ4n) is 1.94. The van der Waals surface area contributed by atoms with Crippen molar-refractivity contribution in [3.05, 3.63) is 23.0 Å². The van der Waals surface area contributed by atoms with Crippen LogP contribution in [-0.4, -0.2) is 47.7 Å². The Bertz CT molecular complexity index is 531. The van der Waals surface area contributed by atoms with Gasteiger partial charge in [0, 0.05) is 30.9 Å². The van der Waals surface area contributed by atoms with Crippen molar-refractivity contribution in [1.29, 1.82) is 0 Å². The van der Waals surface area contributed by atoms with E-state index in [9.17, 15) is 9.59 Å². The molecule has 2 amide bonds. The van der Waals surface area contributed by atoms with Gasteiger partial charge in [0.25, 0.3) is 0 Å². The van der Waals surface area contributed by atoms with Crippen LogP contribution >= 0.6 is 0 Å². The number of rotatable bonds is 6. The first-order valence-corrected chi connectivity index (χ1v) is 6.56. The molecule has 0 atom stereocenters. The lowest BCUT2D eigenvalue weighted by molar-refractivity contribution is -0.136. The molecule has 1 rings (SSSR count). The topological polar surface area (TPSA) is 91.8 Å². The average molecular weight is 295 g/mol. The second-order valence-electron chi connectivity index (χ2n) is 4.78. The number of carbonyl (C=O) groups is 2. The van der Waals surface area contributed by atoms with E-state index in [0.29, 0.717) is 6.54 Å². The molecule has 2 N–H and O–H groups in total. The van der Waals surface area contributed by atoms with Crippen LogP contribution in [0.2, 0.25) is 0 Å². The fourth-order valence-corrected chi connectivity index (χ4v) is 1.94. The zero-order chi connectivity index (χ0) is 16.0. The Balaban J connectivity index is 2.68. The van der Waals surface area contributed by atoms with Crippen LogP contribution in [0.1, 0.15) is 23.2 Å². The number of aliphatic carboxylic acids is 1. The first-order chi connectivity index (χ1) is 9.86. The van der Waals surface area contributed by atoms with Crippen molar-refractivity contribution in [2.45, 2.75) is 26.8 Å². The van der Waals surface area contributed by atoms with E-state index in [1.807, 2.05) is 13.8 Å². The van der Waals surface area contributed by atoms with Crippen LogP contribution in [0.25, 0.3) is 0 Å². The molecule has 0 aliphatic carbocycles. The highest BCUT2D eigenvalue weighted by atomic mass is 16.5. The number of nitrogens with zero attached hydrogens (tertiary/aromatic N) is 2. The van der Waals surface area contributed by atoms with Crippen LogP contribution in [0.5, 0.6) is 5.75 Å². The van der Waals surface area contributed by atoms with E-state index >= 15 is 0 Å². The number of aromatic nitrogens is 1. The van der Waals surface area contributed by atoms with Crippen LogP contribution in [0.4, 0.5) is 4.79 Å². The molecule has 1 heterocycles. The zero-order valence-electron chi connectivity index (χ0n) is 12.8. The van der Waals surface area contributed by atoms with E-state index in [4.69, 9.17) is 9.84 Å². The molecule has 116 valence electrons. The van der Waals surface area contributed by atoms with Crippen LogP contribution in [0.3, 0.4) is 0 Å². The van der Waals surface area contributed by atoms with Crippen LogP contribution in [-0.2, 0) is 11.3 Å². The maximum absolute atomic E-state index is 11.8. The highest BCUT2D eigenvalue weighted by molar-refractivity contribution is 5.75. The third kappa shape index (κ3) is 4.62. The number of carbonyl (C=O) groups excluding carboxylic acids is 1. The van der Waals surface area contributed by atoms with Gasteiger partial charge in [0.2, 0.25) is 0 Å². The Morgan fingerprint density at radius 3 is 2.67 bits per heavy atom. The number of ether oxygens (including phenoxy) is 1. The molecule has 1 aromatic rings. The number of urea groups is 1. The standard InChI is InChI=1S/C14H21N3O4/c1-9-7-16-11(10(2)13(9)21-4)8-17(3)14(20)15-6-5-12(18)19/h7H,5-6,8H2,1-4H3,(H,15,20)(H,18,19). The van der Waals surface area contributed by atoms with Gasteiger partial charge in [0.05, 0.1) is 25.8 Å². The minimum absolute atomic E-state index is 0.0993. The summed E-state index contributed by atoms with van der Waals surface area (Å²) < 4.78 is 5.33. The van der Waals surface area contributed by atoms with Gasteiger partial charge in [-0.3, -0.25) is 9.78 Å². The van der Waals surface area contributed by atoms with E-state index in [0.717, 1.165) is 22.6 Å². The minimum Gasteiger partial charge on any atom is -0.496 e. The minimum atomic E-state index is -0.946. The molecule has 0 aliphatic rings. The van der Waals surface area contributed by atoms with Crippen molar-refractivity contribution in [2.24, 2.45) is 0 Å². The quantitative estimate of drug-likeness (QED) is 0.826. The summed E-state index contributed by atoms with van der Waals surface area (Å²) in [4.78, 5) is 28.0. The van der Waals surface area contributed by atoms with E-state index in [2.05, 4.69) is 10.3 Å². The molecule has 0 fully saturated rings. The summed E-state index contributed by atoms with van der Waals surface area (Å²) in [7, 11) is 3.23. The number of nitrogens with one attached hydrogen (secondary N) is 1. The van der Waals surface area contributed by atoms with Gasteiger partial charge in [-0.25, -0.2) is 4.79 Å². The third-order valence-electron chi connectivity index (χ3n) is 3.10. The predicted molar refractivity (Wildman–Crippen MR) is 77.4 cm³/mol. The largest absolute Gasteiger partial charge is 0.496 e. The number of carboxylic acid groups (broad SMARTS) is 1. The lowest BCUT2D eigenvalue weighted by atomic mass is 10.1. The van der Waals surface area contributed by atoms with Gasteiger partial charge >= 0.3 is 12.0 Å². The van der Waals surface area contributed by atoms with E-state index < -0.39 is 5.97 Å². The average Bonchev–Trinajstić information content (AvgIpc) is 2.42. The number of amides is 2. The molecule has 0 unspecified atom stereocenters. The summed E-state index contributed by atoms with van der Waals surface area (Å²) in [6.45, 7) is 4.22. The summed E-state index contributed by atoms with van der Waals surface area (Å²) >= 11 is 0. The molecular formula is C14H21N3O4. The fraction of sp³-hybridized carbons (Fsp3) is 0.500. The molecule has 0 bridgehead atoms. The van der Waals surface area contributed by atoms with Crippen LogP contribution in [0, 0.1) is 13.8 Å². The highest BCUT2D eigenvalue weighted by Gasteiger charge is 2.14. The van der Waals surface area contributed by atoms with Gasteiger partial charge in [-0.2, -0.15) is 0 Å². The lowest BCUT2D eigenvalue weighted by Crippen LogP contribution is -2.38. The molecule has 0 spiro atoms. The first kappa shape index (κ1) is 16.7. The van der Waals surface area contributed by atoms with E-state index in [1.165, 1.54) is 4.90 Å². The van der Waals surface area contributed by atoms with Crippen molar-refractivity contribution in [1.82, 2.24) is 15.2 Å². The SMILES string of the molecule is COc1c(C)cnc(CN(C)C(=O)NCCC(=O)O)c1C. The Morgan fingerprint density at radius 2 is 2.10 bits per heavy atom. The normalized spacial score (nSPS) is 10.1. The van der Waals surface area contributed by atoms with Crippen molar-refractivity contribution in [3.8, 4) is 5.75 Å². The number of aryl methyl sites for hydroxylation is 1. The van der Waals surface area contributed by atoms with E-state index in [-0.39, 0.29) is 19.0 Å². The van der Waals surface area contributed by atoms with E-state index in [1.54, 1.807) is 20.4 Å². The first-order valence-electron chi connectivity index (χ1n) is 6.56. The summed E-state index contributed by atoms with van der Waals surface area (Å²) in [6, 6.07) is -0.336. The Morgan fingerprint density at radius 1 is 1.43 bits per heavy atom. The Labute approximate surface area is 123 Å². The van der Waals surface area contributed by atoms with Crippen LogP contribution in [0.15, 0.2) is 6.20 Å². The molecule has 0 aromatic carbocycles. The van der Waals surface area contributed by atoms with Gasteiger partial charge in [-0.15, -0.1) is 0 Å². The molecular weight excluding hydrogens is 274 g/mol. The zero-order valence-corrected chi connectivity index (χ0v) is 12.8. The highest BCUT2D eigenvalue weighted by Crippen LogP contribution is 2.24. The lowest BCUT2D eigenvalue weighted by Gasteiger charge is -2.19. The van der Waals surface area contributed by atoms with Crippen molar-refractivity contribution >= 4 is 12.0 Å². The summed E-state index contributed by atoms with van der Waals surface area (Å²) in [6.07, 6.45) is 1.60. The molecule has 0 saturated heterocycles. The van der Waals surface area contributed by atoms with Crippen LogP contribution < -0.4 is 10.1 Å². The number of carboxylic acids is 1. The molecule has 1 aromatic heterocycles. The van der Waals surface area contributed by atoms with Gasteiger partial charge in [0.15, 0.2) is 0 Å².